The third-order valence-corrected chi connectivity index (χ3v) is 4.01. The first-order valence-corrected chi connectivity index (χ1v) is 7.16. The number of halogens is 4. The van der Waals surface area contributed by atoms with Crippen molar-refractivity contribution in [1.29, 1.82) is 5.41 Å². The Morgan fingerprint density at radius 3 is 2.59 bits per heavy atom. The molecule has 5 N–H and O–H groups in total. The molecule has 0 radical (unpaired) electrons. The third-order valence-electron chi connectivity index (χ3n) is 3.34. The fourth-order valence-corrected chi connectivity index (χ4v) is 2.62. The number of para-hydroxylation sites is 1. The van der Waals surface area contributed by atoms with Gasteiger partial charge in [0.1, 0.15) is 5.84 Å². The fraction of sp³-hybridized carbons (Fsp3) is 0.385. The number of nitrogens with two attached hydrogens (primary N) is 2. The zero-order chi connectivity index (χ0) is 15.6. The smallest absolute Gasteiger partial charge is 0.252 e. The first-order chi connectivity index (χ1) is 9.80. The summed E-state index contributed by atoms with van der Waals surface area (Å²) < 4.78 is 27.9. The van der Waals surface area contributed by atoms with Crippen molar-refractivity contribution >= 4 is 45.8 Å². The van der Waals surface area contributed by atoms with Crippen LogP contribution < -0.4 is 11.5 Å². The van der Waals surface area contributed by atoms with E-state index < -0.39 is 18.4 Å². The maximum absolute atomic E-state index is 13.6. The van der Waals surface area contributed by atoms with Crippen molar-refractivity contribution in [3.05, 3.63) is 28.7 Å². The van der Waals surface area contributed by atoms with Crippen LogP contribution in [0.4, 0.5) is 14.5 Å². The number of benzene rings is 1. The minimum absolute atomic E-state index is 0. The molecule has 1 saturated heterocycles. The van der Waals surface area contributed by atoms with E-state index in [1.54, 1.807) is 18.2 Å². The van der Waals surface area contributed by atoms with Crippen molar-refractivity contribution in [1.82, 2.24) is 4.90 Å². The molecule has 9 heteroatoms. The monoisotopic (exact) mass is 395 g/mol. The summed E-state index contributed by atoms with van der Waals surface area (Å²) in [6, 6.07) is 6.21. The van der Waals surface area contributed by atoms with Gasteiger partial charge in [0.05, 0.1) is 11.7 Å². The molecular weight excluding hydrogens is 380 g/mol. The van der Waals surface area contributed by atoms with E-state index in [1.165, 1.54) is 4.90 Å². The zero-order valence-electron chi connectivity index (χ0n) is 11.6. The first kappa shape index (κ1) is 18.6. The number of alkyl halides is 2. The van der Waals surface area contributed by atoms with E-state index in [-0.39, 0.29) is 37.2 Å². The SMILES string of the molecule is Cl.N=C(N)N1CCC(F)(F)CC1C(N)=Nc1ccccc1Br. The predicted octanol–water partition coefficient (Wildman–Crippen LogP) is 2.85. The van der Waals surface area contributed by atoms with E-state index in [2.05, 4.69) is 20.9 Å². The molecule has 1 atom stereocenters. The van der Waals surface area contributed by atoms with Crippen LogP contribution in [-0.4, -0.2) is 35.2 Å². The molecular formula is C13H17BrClF2N5. The van der Waals surface area contributed by atoms with Crippen LogP contribution in [-0.2, 0) is 0 Å². The van der Waals surface area contributed by atoms with Crippen LogP contribution >= 0.6 is 28.3 Å². The van der Waals surface area contributed by atoms with Crippen LogP contribution in [0.5, 0.6) is 0 Å². The lowest BCUT2D eigenvalue weighted by Crippen LogP contribution is -2.56. The standard InChI is InChI=1S/C13H16BrF2N5.ClH/c14-8-3-1-2-4-9(8)20-11(17)10-7-13(15,16)5-6-21(10)12(18)19;/h1-4,10H,5-7H2,(H2,17,20)(H3,18,19);1H. The topological polar surface area (TPSA) is 91.5 Å². The van der Waals surface area contributed by atoms with E-state index in [0.29, 0.717) is 10.2 Å². The van der Waals surface area contributed by atoms with Gasteiger partial charge in [0, 0.05) is 23.9 Å². The highest BCUT2D eigenvalue weighted by atomic mass is 79.9. The average molecular weight is 397 g/mol. The molecule has 0 aromatic heterocycles. The minimum Gasteiger partial charge on any atom is -0.385 e. The largest absolute Gasteiger partial charge is 0.385 e. The van der Waals surface area contributed by atoms with Crippen molar-refractivity contribution in [2.75, 3.05) is 6.54 Å². The van der Waals surface area contributed by atoms with Gasteiger partial charge in [0.15, 0.2) is 5.96 Å². The van der Waals surface area contributed by atoms with Gasteiger partial charge in [-0.25, -0.2) is 13.8 Å². The first-order valence-electron chi connectivity index (χ1n) is 6.37. The summed E-state index contributed by atoms with van der Waals surface area (Å²) >= 11 is 3.32. The predicted molar refractivity (Wildman–Crippen MR) is 89.3 cm³/mol. The summed E-state index contributed by atoms with van der Waals surface area (Å²) in [4.78, 5) is 5.56. The molecule has 0 aliphatic carbocycles. The number of hydrogen-bond acceptors (Lipinski definition) is 2. The van der Waals surface area contributed by atoms with Crippen LogP contribution in [0.3, 0.4) is 0 Å². The molecule has 1 unspecified atom stereocenters. The lowest BCUT2D eigenvalue weighted by molar-refractivity contribution is -0.0526. The van der Waals surface area contributed by atoms with E-state index in [9.17, 15) is 8.78 Å². The van der Waals surface area contributed by atoms with E-state index in [0.717, 1.165) is 0 Å². The van der Waals surface area contributed by atoms with Crippen molar-refractivity contribution in [3.8, 4) is 0 Å². The van der Waals surface area contributed by atoms with Gasteiger partial charge in [-0.1, -0.05) is 12.1 Å². The molecule has 22 heavy (non-hydrogen) atoms. The van der Waals surface area contributed by atoms with E-state index in [4.69, 9.17) is 16.9 Å². The quantitative estimate of drug-likeness (QED) is 0.530. The second-order valence-electron chi connectivity index (χ2n) is 4.89. The Kier molecular flexibility index (Phi) is 6.13. The fourth-order valence-electron chi connectivity index (χ4n) is 2.24. The Balaban J connectivity index is 0.00000242. The number of hydrogen-bond donors (Lipinski definition) is 3. The average Bonchev–Trinajstić information content (AvgIpc) is 2.40. The number of piperidine rings is 1. The van der Waals surface area contributed by atoms with Crippen LogP contribution in [0.15, 0.2) is 33.7 Å². The number of aliphatic imine (C=N–C) groups is 1. The Morgan fingerprint density at radius 2 is 2.00 bits per heavy atom. The van der Waals surface area contributed by atoms with E-state index >= 15 is 0 Å². The summed E-state index contributed by atoms with van der Waals surface area (Å²) in [5.41, 5.74) is 11.9. The molecule has 122 valence electrons. The van der Waals surface area contributed by atoms with Crippen molar-refractivity contribution in [2.45, 2.75) is 24.8 Å². The van der Waals surface area contributed by atoms with Crippen LogP contribution in [0.1, 0.15) is 12.8 Å². The molecule has 0 spiro atoms. The van der Waals surface area contributed by atoms with Gasteiger partial charge in [0.2, 0.25) is 0 Å². The highest BCUT2D eigenvalue weighted by Gasteiger charge is 2.42. The Bertz CT molecular complexity index is 581. The second-order valence-corrected chi connectivity index (χ2v) is 5.75. The van der Waals surface area contributed by atoms with Crippen molar-refractivity contribution in [3.63, 3.8) is 0 Å². The van der Waals surface area contributed by atoms with Gasteiger partial charge in [-0.05, 0) is 28.1 Å². The molecule has 0 amide bonds. The molecule has 1 fully saturated rings. The van der Waals surface area contributed by atoms with Crippen molar-refractivity contribution < 1.29 is 8.78 Å². The normalized spacial score (nSPS) is 21.1. The lowest BCUT2D eigenvalue weighted by Gasteiger charge is -2.39. The summed E-state index contributed by atoms with van der Waals surface area (Å²) in [7, 11) is 0. The summed E-state index contributed by atoms with van der Waals surface area (Å²) in [5, 5.41) is 7.50. The molecule has 1 aliphatic rings. The summed E-state index contributed by atoms with van der Waals surface area (Å²) in [6.45, 7) is -0.0147. The van der Waals surface area contributed by atoms with Crippen LogP contribution in [0.25, 0.3) is 0 Å². The third kappa shape index (κ3) is 4.30. The maximum Gasteiger partial charge on any atom is 0.252 e. The molecule has 0 saturated carbocycles. The highest BCUT2D eigenvalue weighted by Crippen LogP contribution is 2.32. The summed E-state index contributed by atoms with van der Waals surface area (Å²) in [6.07, 6.45) is -0.836. The van der Waals surface area contributed by atoms with Gasteiger partial charge in [-0.2, -0.15) is 0 Å². The molecule has 0 bridgehead atoms. The van der Waals surface area contributed by atoms with Gasteiger partial charge >= 0.3 is 0 Å². The van der Waals surface area contributed by atoms with Gasteiger partial charge in [-0.3, -0.25) is 5.41 Å². The number of nitrogens with zero attached hydrogens (tertiary/aromatic N) is 2. The number of likely N-dealkylation sites (tertiary alicyclic amines) is 1. The van der Waals surface area contributed by atoms with Crippen molar-refractivity contribution in [2.24, 2.45) is 16.5 Å². The maximum atomic E-state index is 13.6. The second kappa shape index (κ2) is 7.23. The zero-order valence-corrected chi connectivity index (χ0v) is 14.0. The molecule has 1 aromatic carbocycles. The van der Waals surface area contributed by atoms with E-state index in [1.807, 2.05) is 6.07 Å². The summed E-state index contributed by atoms with van der Waals surface area (Å²) in [5.74, 6) is -3.08. The number of amidine groups is 1. The Morgan fingerprint density at radius 1 is 1.36 bits per heavy atom. The number of nitrogens with one attached hydrogen (secondary N) is 1. The molecule has 5 nitrogen and oxygen atoms in total. The Hall–Kier alpha value is -1.41. The lowest BCUT2D eigenvalue weighted by atomic mass is 9.98. The van der Waals surface area contributed by atoms with Gasteiger partial charge in [-0.15, -0.1) is 12.4 Å². The molecule has 1 heterocycles. The number of guanidine groups is 1. The molecule has 1 aliphatic heterocycles. The van der Waals surface area contributed by atoms with Crippen LogP contribution in [0.2, 0.25) is 0 Å². The molecule has 2 rings (SSSR count). The number of rotatable bonds is 2. The minimum atomic E-state index is -2.83. The molecule has 1 aromatic rings. The highest BCUT2D eigenvalue weighted by molar-refractivity contribution is 9.10. The van der Waals surface area contributed by atoms with Gasteiger partial charge < -0.3 is 16.4 Å². The Labute approximate surface area is 141 Å². The van der Waals surface area contributed by atoms with Gasteiger partial charge in [0.25, 0.3) is 5.92 Å². The van der Waals surface area contributed by atoms with Crippen LogP contribution in [0, 0.1) is 5.41 Å².